The maximum Gasteiger partial charge on any atom is 0.223 e. The van der Waals surface area contributed by atoms with Crippen molar-refractivity contribution >= 4 is 5.91 Å². The van der Waals surface area contributed by atoms with Crippen LogP contribution >= 0.6 is 0 Å². The van der Waals surface area contributed by atoms with Crippen LogP contribution in [0.4, 0.5) is 0 Å². The van der Waals surface area contributed by atoms with E-state index in [0.29, 0.717) is 31.3 Å². The van der Waals surface area contributed by atoms with Gasteiger partial charge in [0, 0.05) is 30.6 Å². The zero-order chi connectivity index (χ0) is 15.6. The van der Waals surface area contributed by atoms with Crippen molar-refractivity contribution < 1.29 is 9.53 Å². The van der Waals surface area contributed by atoms with Gasteiger partial charge in [-0.3, -0.25) is 4.79 Å². The predicted molar refractivity (Wildman–Crippen MR) is 85.8 cm³/mol. The summed E-state index contributed by atoms with van der Waals surface area (Å²) >= 11 is 0. The van der Waals surface area contributed by atoms with E-state index >= 15 is 0 Å². The quantitative estimate of drug-likeness (QED) is 0.871. The number of carbonyl (C=O) groups is 1. The molecule has 2 aliphatic rings. The van der Waals surface area contributed by atoms with E-state index in [0.717, 1.165) is 6.54 Å². The van der Waals surface area contributed by atoms with Crippen LogP contribution in [0.25, 0.3) is 0 Å². The molecule has 1 atom stereocenters. The topological polar surface area (TPSA) is 47.4 Å². The molecule has 0 saturated heterocycles. The van der Waals surface area contributed by atoms with E-state index in [1.54, 1.807) is 6.20 Å². The molecule has 0 bridgehead atoms. The molecule has 23 heavy (non-hydrogen) atoms. The van der Waals surface area contributed by atoms with Crippen LogP contribution in [0, 0.1) is 5.92 Å². The smallest absolute Gasteiger partial charge is 0.223 e. The Balaban J connectivity index is 1.52. The number of ether oxygens (including phenoxy) is 1. The molecule has 1 aliphatic heterocycles. The molecule has 5 nitrogen and oxygen atoms in total. The molecule has 0 aromatic carbocycles. The summed E-state index contributed by atoms with van der Waals surface area (Å²) in [5.74, 6) is 1.46. The first-order chi connectivity index (χ1) is 11.3. The summed E-state index contributed by atoms with van der Waals surface area (Å²) in [5, 5.41) is 0. The zero-order valence-corrected chi connectivity index (χ0v) is 13.1. The van der Waals surface area contributed by atoms with Crippen LogP contribution in [0.2, 0.25) is 0 Å². The molecule has 0 spiro atoms. The molecule has 1 fully saturated rings. The first-order valence-corrected chi connectivity index (χ1v) is 8.27. The number of amides is 1. The molecular formula is C18H21N3O2. The molecule has 0 radical (unpaired) electrons. The summed E-state index contributed by atoms with van der Waals surface area (Å²) in [6.07, 6.45) is 6.77. The molecule has 3 heterocycles. The second-order valence-electron chi connectivity index (χ2n) is 6.48. The summed E-state index contributed by atoms with van der Waals surface area (Å²) in [5.41, 5.74) is 1.17. The Bertz CT molecular complexity index is 679. The van der Waals surface area contributed by atoms with E-state index in [4.69, 9.17) is 4.74 Å². The van der Waals surface area contributed by atoms with E-state index in [1.807, 2.05) is 29.2 Å². The van der Waals surface area contributed by atoms with Gasteiger partial charge in [-0.2, -0.15) is 0 Å². The van der Waals surface area contributed by atoms with Crippen LogP contribution in [0.15, 0.2) is 42.7 Å². The number of aromatic nitrogens is 2. The average molecular weight is 311 g/mol. The van der Waals surface area contributed by atoms with Gasteiger partial charge in [0.25, 0.3) is 0 Å². The summed E-state index contributed by atoms with van der Waals surface area (Å²) in [6.45, 7) is 2.02. The SMILES string of the molecule is O=C(CC1CC1)N1Cc2cccn2CC(Oc2ccccn2)C1. The average Bonchev–Trinajstić information content (AvgIpc) is 3.30. The van der Waals surface area contributed by atoms with Gasteiger partial charge in [0.2, 0.25) is 11.8 Å². The minimum absolute atomic E-state index is 0.0818. The summed E-state index contributed by atoms with van der Waals surface area (Å²) in [7, 11) is 0. The minimum atomic E-state index is -0.0818. The summed E-state index contributed by atoms with van der Waals surface area (Å²) in [6, 6.07) is 9.76. The third kappa shape index (κ3) is 3.38. The highest BCUT2D eigenvalue weighted by molar-refractivity contribution is 5.76. The lowest BCUT2D eigenvalue weighted by molar-refractivity contribution is -0.133. The predicted octanol–water partition coefficient (Wildman–Crippen LogP) is 2.47. The lowest BCUT2D eigenvalue weighted by atomic mass is 10.2. The first kappa shape index (κ1) is 14.3. The fourth-order valence-electron chi connectivity index (χ4n) is 3.10. The molecule has 2 aromatic heterocycles. The largest absolute Gasteiger partial charge is 0.471 e. The van der Waals surface area contributed by atoms with Crippen molar-refractivity contribution in [1.82, 2.24) is 14.5 Å². The Kier molecular flexibility index (Phi) is 3.77. The van der Waals surface area contributed by atoms with E-state index < -0.39 is 0 Å². The van der Waals surface area contributed by atoms with Crippen LogP contribution in [0.3, 0.4) is 0 Å². The Hall–Kier alpha value is -2.30. The highest BCUT2D eigenvalue weighted by atomic mass is 16.5. The van der Waals surface area contributed by atoms with Crippen LogP contribution in [0.5, 0.6) is 5.88 Å². The fourth-order valence-corrected chi connectivity index (χ4v) is 3.10. The maximum absolute atomic E-state index is 12.6. The number of fused-ring (bicyclic) bond motifs is 1. The van der Waals surface area contributed by atoms with E-state index in [9.17, 15) is 4.79 Å². The highest BCUT2D eigenvalue weighted by Gasteiger charge is 2.30. The molecule has 4 rings (SSSR count). The summed E-state index contributed by atoms with van der Waals surface area (Å²) < 4.78 is 8.22. The number of hydrogen-bond donors (Lipinski definition) is 0. The van der Waals surface area contributed by atoms with Crippen LogP contribution in [0.1, 0.15) is 25.0 Å². The second kappa shape index (κ2) is 6.07. The van der Waals surface area contributed by atoms with Crippen molar-refractivity contribution in [2.24, 2.45) is 5.92 Å². The number of rotatable bonds is 4. The molecule has 0 N–H and O–H groups in total. The number of pyridine rings is 1. The Labute approximate surface area is 135 Å². The van der Waals surface area contributed by atoms with Gasteiger partial charge >= 0.3 is 0 Å². The van der Waals surface area contributed by atoms with Crippen LogP contribution in [-0.2, 0) is 17.9 Å². The molecule has 1 saturated carbocycles. The maximum atomic E-state index is 12.6. The monoisotopic (exact) mass is 311 g/mol. The number of carbonyl (C=O) groups excluding carboxylic acids is 1. The van der Waals surface area contributed by atoms with Gasteiger partial charge in [0.1, 0.15) is 6.10 Å². The van der Waals surface area contributed by atoms with Crippen LogP contribution in [-0.4, -0.2) is 33.0 Å². The molecular weight excluding hydrogens is 290 g/mol. The van der Waals surface area contributed by atoms with Gasteiger partial charge in [-0.25, -0.2) is 4.98 Å². The van der Waals surface area contributed by atoms with Crippen molar-refractivity contribution in [3.05, 3.63) is 48.4 Å². The number of hydrogen-bond acceptors (Lipinski definition) is 3. The summed E-state index contributed by atoms with van der Waals surface area (Å²) in [4.78, 5) is 18.8. The van der Waals surface area contributed by atoms with Crippen LogP contribution < -0.4 is 4.74 Å². The van der Waals surface area contributed by atoms with Crippen molar-refractivity contribution in [1.29, 1.82) is 0 Å². The Morgan fingerprint density at radius 2 is 2.13 bits per heavy atom. The molecule has 120 valence electrons. The Morgan fingerprint density at radius 3 is 2.91 bits per heavy atom. The van der Waals surface area contributed by atoms with E-state index in [-0.39, 0.29) is 12.0 Å². The highest BCUT2D eigenvalue weighted by Crippen LogP contribution is 2.33. The zero-order valence-electron chi connectivity index (χ0n) is 13.1. The molecule has 1 unspecified atom stereocenters. The van der Waals surface area contributed by atoms with Gasteiger partial charge in [0.15, 0.2) is 0 Å². The second-order valence-corrected chi connectivity index (χ2v) is 6.48. The lowest BCUT2D eigenvalue weighted by Crippen LogP contribution is -2.38. The van der Waals surface area contributed by atoms with Gasteiger partial charge in [-0.05, 0) is 37.0 Å². The molecule has 5 heteroatoms. The molecule has 2 aromatic rings. The third-order valence-electron chi connectivity index (χ3n) is 4.54. The fraction of sp³-hybridized carbons (Fsp3) is 0.444. The van der Waals surface area contributed by atoms with Gasteiger partial charge in [-0.15, -0.1) is 0 Å². The van der Waals surface area contributed by atoms with E-state index in [2.05, 4.69) is 21.8 Å². The number of nitrogens with zero attached hydrogens (tertiary/aromatic N) is 3. The van der Waals surface area contributed by atoms with Crippen molar-refractivity contribution in [3.8, 4) is 5.88 Å². The third-order valence-corrected chi connectivity index (χ3v) is 4.54. The minimum Gasteiger partial charge on any atom is -0.471 e. The van der Waals surface area contributed by atoms with Crippen molar-refractivity contribution in [3.63, 3.8) is 0 Å². The molecule has 1 aliphatic carbocycles. The van der Waals surface area contributed by atoms with Gasteiger partial charge < -0.3 is 14.2 Å². The van der Waals surface area contributed by atoms with E-state index in [1.165, 1.54) is 18.5 Å². The first-order valence-electron chi connectivity index (χ1n) is 8.27. The van der Waals surface area contributed by atoms with Gasteiger partial charge in [0.05, 0.1) is 19.6 Å². The van der Waals surface area contributed by atoms with Crippen molar-refractivity contribution in [2.75, 3.05) is 6.54 Å². The lowest BCUT2D eigenvalue weighted by Gasteiger charge is -2.24. The standard InChI is InChI=1S/C18H21N3O2/c22-18(10-14-6-7-14)21-11-15-4-3-9-20(15)12-16(13-21)23-17-5-1-2-8-19-17/h1-5,8-9,14,16H,6-7,10-13H2. The van der Waals surface area contributed by atoms with Gasteiger partial charge in [-0.1, -0.05) is 6.07 Å². The Morgan fingerprint density at radius 1 is 1.22 bits per heavy atom. The molecule has 1 amide bonds. The van der Waals surface area contributed by atoms with Crippen molar-refractivity contribution in [2.45, 2.75) is 38.5 Å². The normalized spacial score (nSPS) is 20.7.